The van der Waals surface area contributed by atoms with Gasteiger partial charge in [-0.05, 0) is 208 Å². The number of allylic oxidation sites excluding steroid dienone is 5. The Balaban J connectivity index is 0.866. The number of nitrogens with zero attached hydrogens (tertiary/aromatic N) is 2. The van der Waals surface area contributed by atoms with E-state index in [1.807, 2.05) is 0 Å². The van der Waals surface area contributed by atoms with Crippen LogP contribution in [0.15, 0.2) is 302 Å². The Morgan fingerprint density at radius 2 is 0.755 bits per heavy atom. The quantitative estimate of drug-likeness (QED) is 0.147. The number of rotatable bonds is 7. The van der Waals surface area contributed by atoms with Crippen molar-refractivity contribution in [1.82, 2.24) is 0 Å². The summed E-state index contributed by atoms with van der Waals surface area (Å²) in [6, 6.07) is 105. The minimum Gasteiger partial charge on any atom is -0.313 e. The molecule has 2 nitrogen and oxygen atoms in total. The van der Waals surface area contributed by atoms with Gasteiger partial charge in [-0.25, -0.2) is 0 Å². The Morgan fingerprint density at radius 3 is 1.31 bits per heavy atom. The molecule has 0 N–H and O–H groups in total. The predicted molar refractivity (Wildman–Crippen MR) is 448 cm³/mol. The Labute approximate surface area is 622 Å². The summed E-state index contributed by atoms with van der Waals surface area (Å²) in [5, 5.41) is 12.6. The van der Waals surface area contributed by atoms with Gasteiger partial charge in [-0.15, -0.1) is 0 Å². The van der Waals surface area contributed by atoms with Crippen molar-refractivity contribution >= 4 is 94.5 Å². The molecule has 0 aromatic heterocycles. The van der Waals surface area contributed by atoms with Gasteiger partial charge in [-0.1, -0.05) is 324 Å². The van der Waals surface area contributed by atoms with Crippen molar-refractivity contribution in [3.8, 4) is 44.5 Å². The molecule has 0 saturated heterocycles. The van der Waals surface area contributed by atoms with Crippen LogP contribution < -0.4 is 9.80 Å². The molecule has 106 heavy (non-hydrogen) atoms. The molecule has 2 heteroatoms. The van der Waals surface area contributed by atoms with E-state index in [4.69, 9.17) is 0 Å². The first-order chi connectivity index (χ1) is 51.4. The number of anilines is 5. The highest BCUT2D eigenvalue weighted by Gasteiger charge is 2.71. The van der Waals surface area contributed by atoms with E-state index in [-0.39, 0.29) is 22.7 Å². The molecular formula is C104H82N2. The maximum absolute atomic E-state index is 2.76. The van der Waals surface area contributed by atoms with E-state index in [2.05, 4.69) is 382 Å². The highest BCUT2D eigenvalue weighted by atomic mass is 15.2. The highest BCUT2D eigenvalue weighted by molar-refractivity contribution is 6.26. The number of benzene rings is 15. The maximum Gasteiger partial charge on any atom is 0.0543 e. The Hall–Kier alpha value is -11.6. The van der Waals surface area contributed by atoms with Gasteiger partial charge in [0.25, 0.3) is 0 Å². The molecule has 0 bridgehead atoms. The van der Waals surface area contributed by atoms with Crippen LogP contribution in [0, 0.1) is 16.7 Å². The van der Waals surface area contributed by atoms with Crippen molar-refractivity contribution in [1.29, 1.82) is 0 Å². The van der Waals surface area contributed by atoms with Gasteiger partial charge in [-0.3, -0.25) is 0 Å². The molecule has 4 unspecified atom stereocenters. The van der Waals surface area contributed by atoms with Crippen molar-refractivity contribution in [2.45, 2.75) is 96.8 Å². The Kier molecular flexibility index (Phi) is 12.3. The first-order valence-corrected chi connectivity index (χ1v) is 38.4. The molecule has 508 valence electrons. The fourth-order valence-corrected chi connectivity index (χ4v) is 22.9. The predicted octanol–water partition coefficient (Wildman–Crippen LogP) is 27.7. The third kappa shape index (κ3) is 7.67. The second-order valence-electron chi connectivity index (χ2n) is 34.5. The third-order valence-electron chi connectivity index (χ3n) is 26.9. The SMILES string of the molecule is CC1(C)c2ccccc2-c2ccc(N(C3=CC=C4C=Cc5cccc6c5C4C3C=C6)c3cc4c(c5ccccc35)-c3ccccc3C4(C(C)(C)C)C3(C(C)(C)C)c4ccccc4-c4c3cc(N(c3ccc5c(c3)C(C)(C)c3ccccc3-5)c3ccc5ccc6cccc7ccc3c5c67)c3ccccc43)cc21. The molecule has 0 fully saturated rings. The van der Waals surface area contributed by atoms with Crippen LogP contribution in [-0.2, 0) is 21.7 Å². The summed E-state index contributed by atoms with van der Waals surface area (Å²) in [7, 11) is 0. The van der Waals surface area contributed by atoms with E-state index in [9.17, 15) is 0 Å². The monoisotopic (exact) mass is 1360 g/mol. The molecule has 0 amide bonds. The lowest BCUT2D eigenvalue weighted by atomic mass is 9.39. The van der Waals surface area contributed by atoms with Gasteiger partial charge in [0.2, 0.25) is 0 Å². The van der Waals surface area contributed by atoms with E-state index >= 15 is 0 Å². The second kappa shape index (κ2) is 21.1. The van der Waals surface area contributed by atoms with Crippen LogP contribution in [0.25, 0.3) is 111 Å². The second-order valence-corrected chi connectivity index (χ2v) is 34.5. The van der Waals surface area contributed by atoms with E-state index < -0.39 is 21.7 Å². The van der Waals surface area contributed by atoms with Crippen molar-refractivity contribution < 1.29 is 0 Å². The normalized spacial score (nSPS) is 19.7. The molecule has 0 saturated carbocycles. The zero-order valence-electron chi connectivity index (χ0n) is 61.9. The maximum atomic E-state index is 2.76. The Bertz CT molecular complexity index is 6560. The van der Waals surface area contributed by atoms with Gasteiger partial charge in [0.15, 0.2) is 0 Å². The topological polar surface area (TPSA) is 6.48 Å². The summed E-state index contributed by atoms with van der Waals surface area (Å²) in [6.07, 6.45) is 14.6. The van der Waals surface area contributed by atoms with Crippen LogP contribution in [0.3, 0.4) is 0 Å². The summed E-state index contributed by atoms with van der Waals surface area (Å²) < 4.78 is 0. The Morgan fingerprint density at radius 1 is 0.311 bits per heavy atom. The lowest BCUT2D eigenvalue weighted by molar-refractivity contribution is 0.0595. The lowest BCUT2D eigenvalue weighted by Gasteiger charge is -2.62. The summed E-state index contributed by atoms with van der Waals surface area (Å²) in [6.45, 7) is 25.3. The standard InChI is InChI=1S/C104H82N2/c1-99(2,3)103(83-39-21-17-35-77(83)97-75-33-13-11-31-73(75)91(59-87(97)103)105(67-49-53-71-69-29-15-19-37-81(69)101(7,8)85(71)57-67)89-55-47-65-43-41-61-25-23-27-63-45-51-79(89)95(65)93(61)63)104(100(4,5)6)84-40-22-18-36-78(84)98-76-34-14-12-32-74(76)92(60-88(98)104)106(68-50-54-72-70-30-16-20-38-82(70)102(9,10)86(72)58-68)90-56-48-66-44-42-62-26-24-28-64-46-52-80(90)96(66)94(62)64/h11-60,79,95H,1-10H3. The van der Waals surface area contributed by atoms with Crippen LogP contribution in [-0.4, -0.2) is 0 Å². The van der Waals surface area contributed by atoms with Gasteiger partial charge in [0.1, 0.15) is 0 Å². The summed E-state index contributed by atoms with van der Waals surface area (Å²) >= 11 is 0. The van der Waals surface area contributed by atoms with Gasteiger partial charge < -0.3 is 9.80 Å². The summed E-state index contributed by atoms with van der Waals surface area (Å²) in [4.78, 5) is 5.45. The van der Waals surface area contributed by atoms with E-state index in [1.165, 1.54) is 188 Å². The van der Waals surface area contributed by atoms with Gasteiger partial charge in [-0.2, -0.15) is 0 Å². The fraction of sp³-hybridized carbons (Fsp3) is 0.173. The largest absolute Gasteiger partial charge is 0.313 e. The van der Waals surface area contributed by atoms with Crippen LogP contribution in [0.2, 0.25) is 0 Å². The van der Waals surface area contributed by atoms with Crippen LogP contribution in [0.5, 0.6) is 0 Å². The minimum atomic E-state index is -0.781. The van der Waals surface area contributed by atoms with E-state index in [0.717, 1.165) is 11.4 Å². The van der Waals surface area contributed by atoms with Crippen LogP contribution >= 0.6 is 0 Å². The van der Waals surface area contributed by atoms with Crippen molar-refractivity contribution in [2.24, 2.45) is 16.7 Å². The molecule has 0 aliphatic heterocycles. The summed E-state index contributed by atoms with van der Waals surface area (Å²) in [5.41, 5.74) is 31.0. The molecule has 0 heterocycles. The average Bonchev–Trinajstić information content (AvgIpc) is 1.46. The molecule has 0 spiro atoms. The molecule has 15 aromatic rings. The van der Waals surface area contributed by atoms with Gasteiger partial charge >= 0.3 is 0 Å². The highest BCUT2D eigenvalue weighted by Crippen LogP contribution is 2.77. The molecule has 15 aromatic carbocycles. The smallest absolute Gasteiger partial charge is 0.0543 e. The minimum absolute atomic E-state index is 0.0401. The molecule has 22 rings (SSSR count). The average molecular weight is 1360 g/mol. The first-order valence-electron chi connectivity index (χ1n) is 38.4. The first kappa shape index (κ1) is 61.9. The number of hydrogen-bond donors (Lipinski definition) is 0. The van der Waals surface area contributed by atoms with E-state index in [1.54, 1.807) is 0 Å². The number of fused-ring (bicyclic) bond motifs is 16. The van der Waals surface area contributed by atoms with Crippen molar-refractivity contribution in [2.75, 3.05) is 9.80 Å². The zero-order chi connectivity index (χ0) is 71.4. The molecule has 7 aliphatic rings. The third-order valence-corrected chi connectivity index (χ3v) is 26.9. The van der Waals surface area contributed by atoms with Crippen molar-refractivity contribution in [3.05, 3.63) is 364 Å². The molecular weight excluding hydrogens is 1280 g/mol. The number of hydrogen-bond acceptors (Lipinski definition) is 2. The molecule has 0 radical (unpaired) electrons. The van der Waals surface area contributed by atoms with Crippen molar-refractivity contribution in [3.63, 3.8) is 0 Å². The molecule has 7 aliphatic carbocycles. The van der Waals surface area contributed by atoms with Crippen LogP contribution in [0.1, 0.15) is 136 Å². The molecule has 4 atom stereocenters. The zero-order valence-corrected chi connectivity index (χ0v) is 61.9. The van der Waals surface area contributed by atoms with E-state index in [0.29, 0.717) is 0 Å². The van der Waals surface area contributed by atoms with Gasteiger partial charge in [0, 0.05) is 66.7 Å². The van der Waals surface area contributed by atoms with Gasteiger partial charge in [0.05, 0.1) is 17.1 Å². The van der Waals surface area contributed by atoms with Crippen LogP contribution in [0.4, 0.5) is 28.4 Å². The lowest BCUT2D eigenvalue weighted by Crippen LogP contribution is -2.62. The fourth-order valence-electron chi connectivity index (χ4n) is 22.9. The summed E-state index contributed by atoms with van der Waals surface area (Å²) in [5.74, 6) is 0.191.